The SMILES string of the molecule is NC(=O)[C@@H]1CCC[C@H]1NC(=O)CSCCCc1ccccc1. The fraction of sp³-hybridized carbons (Fsp3) is 0.529. The molecule has 0 spiro atoms. The minimum atomic E-state index is -0.293. The summed E-state index contributed by atoms with van der Waals surface area (Å²) in [7, 11) is 0. The topological polar surface area (TPSA) is 72.2 Å². The van der Waals surface area contributed by atoms with Gasteiger partial charge in [0.1, 0.15) is 0 Å². The van der Waals surface area contributed by atoms with E-state index in [1.807, 2.05) is 18.2 Å². The third kappa shape index (κ3) is 5.37. The molecule has 2 amide bonds. The number of thioether (sulfide) groups is 1. The molecule has 0 radical (unpaired) electrons. The highest BCUT2D eigenvalue weighted by Gasteiger charge is 2.32. The molecular weight excluding hydrogens is 296 g/mol. The maximum Gasteiger partial charge on any atom is 0.230 e. The van der Waals surface area contributed by atoms with E-state index in [1.165, 1.54) is 5.56 Å². The fourth-order valence-corrected chi connectivity index (χ4v) is 3.67. The van der Waals surface area contributed by atoms with Crippen molar-refractivity contribution < 1.29 is 9.59 Å². The van der Waals surface area contributed by atoms with Crippen molar-refractivity contribution in [3.63, 3.8) is 0 Å². The van der Waals surface area contributed by atoms with E-state index in [9.17, 15) is 9.59 Å². The van der Waals surface area contributed by atoms with Crippen LogP contribution in [0.3, 0.4) is 0 Å². The Hall–Kier alpha value is -1.49. The number of carbonyl (C=O) groups excluding carboxylic acids is 2. The molecule has 0 saturated heterocycles. The van der Waals surface area contributed by atoms with Crippen LogP contribution in [-0.4, -0.2) is 29.4 Å². The van der Waals surface area contributed by atoms with Gasteiger partial charge in [-0.2, -0.15) is 11.8 Å². The van der Waals surface area contributed by atoms with Crippen molar-refractivity contribution in [1.29, 1.82) is 0 Å². The molecule has 0 unspecified atom stereocenters. The lowest BCUT2D eigenvalue weighted by Gasteiger charge is -2.18. The molecule has 4 nitrogen and oxygen atoms in total. The molecule has 1 aliphatic carbocycles. The summed E-state index contributed by atoms with van der Waals surface area (Å²) in [4.78, 5) is 23.2. The average Bonchev–Trinajstić information content (AvgIpc) is 2.96. The predicted molar refractivity (Wildman–Crippen MR) is 90.6 cm³/mol. The maximum absolute atomic E-state index is 11.9. The minimum absolute atomic E-state index is 0.0165. The second-order valence-electron chi connectivity index (χ2n) is 5.76. The monoisotopic (exact) mass is 320 g/mol. The smallest absolute Gasteiger partial charge is 0.230 e. The molecule has 1 aliphatic rings. The van der Waals surface area contributed by atoms with Crippen molar-refractivity contribution in [1.82, 2.24) is 5.32 Å². The number of aryl methyl sites for hydroxylation is 1. The Kier molecular flexibility index (Phi) is 6.77. The van der Waals surface area contributed by atoms with Crippen molar-refractivity contribution in [2.75, 3.05) is 11.5 Å². The van der Waals surface area contributed by atoms with Crippen LogP contribution in [0.25, 0.3) is 0 Å². The first-order valence-electron chi connectivity index (χ1n) is 7.87. The van der Waals surface area contributed by atoms with Gasteiger partial charge in [-0.15, -0.1) is 0 Å². The molecule has 0 bridgehead atoms. The molecule has 0 aromatic heterocycles. The number of nitrogens with one attached hydrogen (secondary N) is 1. The average molecular weight is 320 g/mol. The Labute approximate surface area is 136 Å². The van der Waals surface area contributed by atoms with E-state index in [0.717, 1.165) is 37.9 Å². The molecule has 1 fully saturated rings. The summed E-state index contributed by atoms with van der Waals surface area (Å²) >= 11 is 1.65. The van der Waals surface area contributed by atoms with Crippen LogP contribution < -0.4 is 11.1 Å². The summed E-state index contributed by atoms with van der Waals surface area (Å²) < 4.78 is 0. The summed E-state index contributed by atoms with van der Waals surface area (Å²) in [5, 5.41) is 2.96. The van der Waals surface area contributed by atoms with E-state index in [1.54, 1.807) is 11.8 Å². The Morgan fingerprint density at radius 3 is 2.73 bits per heavy atom. The van der Waals surface area contributed by atoms with Gasteiger partial charge in [0.25, 0.3) is 0 Å². The van der Waals surface area contributed by atoms with Gasteiger partial charge in [-0.3, -0.25) is 9.59 Å². The Morgan fingerprint density at radius 1 is 1.23 bits per heavy atom. The van der Waals surface area contributed by atoms with Gasteiger partial charge < -0.3 is 11.1 Å². The van der Waals surface area contributed by atoms with Crippen LogP contribution in [0.5, 0.6) is 0 Å². The number of hydrogen-bond acceptors (Lipinski definition) is 3. The lowest BCUT2D eigenvalue weighted by Crippen LogP contribution is -2.43. The van der Waals surface area contributed by atoms with E-state index < -0.39 is 0 Å². The van der Waals surface area contributed by atoms with Gasteiger partial charge in [0.15, 0.2) is 0 Å². The maximum atomic E-state index is 11.9. The molecule has 1 aromatic rings. The zero-order valence-corrected chi connectivity index (χ0v) is 13.6. The van der Waals surface area contributed by atoms with Crippen molar-refractivity contribution in [2.45, 2.75) is 38.1 Å². The molecule has 2 rings (SSSR count). The number of benzene rings is 1. The first kappa shape index (κ1) is 16.9. The van der Waals surface area contributed by atoms with Crippen LogP contribution in [-0.2, 0) is 16.0 Å². The summed E-state index contributed by atoms with van der Waals surface area (Å²) in [5.74, 6) is 0.955. The van der Waals surface area contributed by atoms with E-state index in [0.29, 0.717) is 5.75 Å². The first-order chi connectivity index (χ1) is 10.7. The van der Waals surface area contributed by atoms with Crippen molar-refractivity contribution in [3.05, 3.63) is 35.9 Å². The zero-order chi connectivity index (χ0) is 15.8. The molecule has 0 heterocycles. The van der Waals surface area contributed by atoms with Crippen LogP contribution >= 0.6 is 11.8 Å². The molecular formula is C17H24N2O2S. The normalized spacial score (nSPS) is 20.7. The van der Waals surface area contributed by atoms with E-state index in [4.69, 9.17) is 5.73 Å². The highest BCUT2D eigenvalue weighted by Crippen LogP contribution is 2.25. The third-order valence-electron chi connectivity index (χ3n) is 4.06. The summed E-state index contributed by atoms with van der Waals surface area (Å²) in [6.45, 7) is 0. The van der Waals surface area contributed by atoms with E-state index in [2.05, 4.69) is 17.4 Å². The van der Waals surface area contributed by atoms with Crippen LogP contribution in [0.4, 0.5) is 0 Å². The standard InChI is InChI=1S/C17H24N2O2S/c18-17(21)14-9-4-10-15(14)19-16(20)12-22-11-5-8-13-6-2-1-3-7-13/h1-3,6-7,14-15H,4-5,8-12H2,(H2,18,21)(H,19,20)/t14-,15-/m1/s1. The summed E-state index contributed by atoms with van der Waals surface area (Å²) in [6.07, 6.45) is 4.72. The van der Waals surface area contributed by atoms with Crippen molar-refractivity contribution in [3.8, 4) is 0 Å². The molecule has 5 heteroatoms. The lowest BCUT2D eigenvalue weighted by molar-refractivity contribution is -0.123. The molecule has 2 atom stereocenters. The quantitative estimate of drug-likeness (QED) is 0.721. The summed E-state index contributed by atoms with van der Waals surface area (Å²) in [6, 6.07) is 10.3. The second-order valence-corrected chi connectivity index (χ2v) is 6.86. The van der Waals surface area contributed by atoms with Crippen molar-refractivity contribution in [2.24, 2.45) is 11.7 Å². The lowest BCUT2D eigenvalue weighted by atomic mass is 10.0. The minimum Gasteiger partial charge on any atom is -0.369 e. The van der Waals surface area contributed by atoms with Gasteiger partial charge in [0.05, 0.1) is 11.7 Å². The van der Waals surface area contributed by atoms with Gasteiger partial charge in [-0.05, 0) is 37.0 Å². The van der Waals surface area contributed by atoms with E-state index in [-0.39, 0.29) is 23.8 Å². The van der Waals surface area contributed by atoms with Crippen molar-refractivity contribution >= 4 is 23.6 Å². The first-order valence-corrected chi connectivity index (χ1v) is 9.02. The number of nitrogens with two attached hydrogens (primary N) is 1. The molecule has 1 aromatic carbocycles. The summed E-state index contributed by atoms with van der Waals surface area (Å²) in [5.41, 5.74) is 6.70. The number of rotatable bonds is 8. The van der Waals surface area contributed by atoms with Gasteiger partial charge in [0.2, 0.25) is 11.8 Å². The van der Waals surface area contributed by atoms with Crippen LogP contribution in [0.1, 0.15) is 31.2 Å². The number of carbonyl (C=O) groups is 2. The van der Waals surface area contributed by atoms with Gasteiger partial charge in [-0.1, -0.05) is 36.8 Å². The number of primary amides is 1. The number of hydrogen-bond donors (Lipinski definition) is 2. The highest BCUT2D eigenvalue weighted by atomic mass is 32.2. The molecule has 0 aliphatic heterocycles. The van der Waals surface area contributed by atoms with Crippen LogP contribution in [0.15, 0.2) is 30.3 Å². The third-order valence-corrected chi connectivity index (χ3v) is 5.10. The molecule has 1 saturated carbocycles. The Bertz CT molecular complexity index is 493. The predicted octanol–water partition coefficient (Wildman–Crippen LogP) is 2.12. The second kappa shape index (κ2) is 8.83. The van der Waals surface area contributed by atoms with Gasteiger partial charge >= 0.3 is 0 Å². The molecule has 120 valence electrons. The van der Waals surface area contributed by atoms with E-state index >= 15 is 0 Å². The Balaban J connectivity index is 1.59. The zero-order valence-electron chi connectivity index (χ0n) is 12.8. The highest BCUT2D eigenvalue weighted by molar-refractivity contribution is 7.99. The van der Waals surface area contributed by atoms with Crippen LogP contribution in [0, 0.1) is 5.92 Å². The van der Waals surface area contributed by atoms with Crippen LogP contribution in [0.2, 0.25) is 0 Å². The molecule has 3 N–H and O–H groups in total. The molecule has 22 heavy (non-hydrogen) atoms. The Morgan fingerprint density at radius 2 is 2.00 bits per heavy atom. The fourth-order valence-electron chi connectivity index (χ4n) is 2.91. The largest absolute Gasteiger partial charge is 0.369 e. The van der Waals surface area contributed by atoms with Gasteiger partial charge in [0, 0.05) is 6.04 Å². The number of amides is 2. The van der Waals surface area contributed by atoms with Gasteiger partial charge in [-0.25, -0.2) is 0 Å².